The Morgan fingerprint density at radius 2 is 0.679 bits per heavy atom. The summed E-state index contributed by atoms with van der Waals surface area (Å²) in [5.41, 5.74) is 0. The summed E-state index contributed by atoms with van der Waals surface area (Å²) in [7, 11) is 1.17. The van der Waals surface area contributed by atoms with Gasteiger partial charge in [-0.25, -0.2) is 0 Å². The highest BCUT2D eigenvalue weighted by atomic mass is 31.2. The van der Waals surface area contributed by atoms with Gasteiger partial charge in [-0.15, -0.1) is 0 Å². The number of unbranched alkanes of at least 4 members (excludes halogenated alkanes) is 43. The lowest BCUT2D eigenvalue weighted by Crippen LogP contribution is -2.37. The van der Waals surface area contributed by atoms with Crippen LogP contribution in [0.1, 0.15) is 348 Å². The molecule has 0 saturated carbocycles. The minimum absolute atomic E-state index is 0.0328. The Morgan fingerprint density at radius 3 is 1.02 bits per heavy atom. The van der Waals surface area contributed by atoms with Crippen molar-refractivity contribution in [2.45, 2.75) is 354 Å². The highest BCUT2D eigenvalue weighted by molar-refractivity contribution is 7.45. The second-order valence-electron chi connectivity index (χ2n) is 25.6. The lowest BCUT2D eigenvalue weighted by Gasteiger charge is -2.28. The molecule has 0 fully saturated rings. The maximum Gasteiger partial charge on any atom is 0.306 e. The number of phosphoric acid groups is 1. The van der Waals surface area contributed by atoms with Gasteiger partial charge in [0.15, 0.2) is 6.10 Å². The van der Waals surface area contributed by atoms with Crippen LogP contribution in [0.25, 0.3) is 0 Å². The van der Waals surface area contributed by atoms with E-state index in [1.807, 2.05) is 21.1 Å². The van der Waals surface area contributed by atoms with Crippen molar-refractivity contribution in [2.24, 2.45) is 0 Å². The zero-order valence-corrected chi connectivity index (χ0v) is 57.0. The Bertz CT molecular complexity index is 1600. The molecule has 0 bridgehead atoms. The summed E-state index contributed by atoms with van der Waals surface area (Å²) in [6.07, 6.45) is 86.2. The Hall–Kier alpha value is -2.29. The molecule has 0 aromatic heterocycles. The number of nitrogens with zero attached hydrogens (tertiary/aromatic N) is 1. The molecule has 9 nitrogen and oxygen atoms in total. The number of likely N-dealkylation sites (N-methyl/N-ethyl adjacent to an activating group) is 1. The van der Waals surface area contributed by atoms with E-state index >= 15 is 0 Å². The summed E-state index contributed by atoms with van der Waals surface area (Å²) >= 11 is 0. The van der Waals surface area contributed by atoms with Gasteiger partial charge in [0.2, 0.25) is 0 Å². The van der Waals surface area contributed by atoms with E-state index in [0.717, 1.165) is 70.6 Å². The molecule has 0 aromatic rings. The van der Waals surface area contributed by atoms with Gasteiger partial charge in [-0.3, -0.25) is 14.2 Å². The average molecular weight is 1200 g/mol. The fourth-order valence-electron chi connectivity index (χ4n) is 10.5. The molecule has 0 amide bonds. The number of rotatable bonds is 67. The third-order valence-corrected chi connectivity index (χ3v) is 17.0. The zero-order chi connectivity index (χ0) is 61.2. The van der Waals surface area contributed by atoms with E-state index in [0.29, 0.717) is 17.4 Å². The molecular formula is C74H138NO8P. The van der Waals surface area contributed by atoms with Crippen molar-refractivity contribution in [1.29, 1.82) is 0 Å². The summed E-state index contributed by atoms with van der Waals surface area (Å²) < 4.78 is 34.3. The van der Waals surface area contributed by atoms with Gasteiger partial charge in [-0.05, 0) is 77.0 Å². The maximum atomic E-state index is 12.8. The van der Waals surface area contributed by atoms with Crippen molar-refractivity contribution in [1.82, 2.24) is 0 Å². The summed E-state index contributed by atoms with van der Waals surface area (Å²) in [5.74, 6) is -0.829. The van der Waals surface area contributed by atoms with E-state index in [4.69, 9.17) is 18.5 Å². The first-order valence-electron chi connectivity index (χ1n) is 36.0. The van der Waals surface area contributed by atoms with E-state index in [1.54, 1.807) is 0 Å². The molecule has 0 saturated heterocycles. The smallest absolute Gasteiger partial charge is 0.306 e. The van der Waals surface area contributed by atoms with Gasteiger partial charge in [-0.2, -0.15) is 0 Å². The highest BCUT2D eigenvalue weighted by Crippen LogP contribution is 2.38. The molecule has 0 heterocycles. The van der Waals surface area contributed by atoms with Gasteiger partial charge in [0.1, 0.15) is 19.8 Å². The van der Waals surface area contributed by atoms with Gasteiger partial charge in [0.25, 0.3) is 7.82 Å². The van der Waals surface area contributed by atoms with Crippen LogP contribution in [0.4, 0.5) is 0 Å². The van der Waals surface area contributed by atoms with Crippen LogP contribution >= 0.6 is 7.82 Å². The number of esters is 2. The topological polar surface area (TPSA) is 111 Å². The Morgan fingerprint density at radius 1 is 0.381 bits per heavy atom. The number of quaternary nitrogens is 1. The van der Waals surface area contributed by atoms with E-state index < -0.39 is 26.5 Å². The molecule has 0 aromatic carbocycles. The fourth-order valence-corrected chi connectivity index (χ4v) is 11.3. The van der Waals surface area contributed by atoms with E-state index in [-0.39, 0.29) is 32.0 Å². The van der Waals surface area contributed by atoms with Gasteiger partial charge in [0, 0.05) is 12.8 Å². The number of carbonyl (C=O) groups is 2. The summed E-state index contributed by atoms with van der Waals surface area (Å²) in [4.78, 5) is 38.0. The fraction of sp³-hybridized carbons (Fsp3) is 0.838. The third-order valence-electron chi connectivity index (χ3n) is 16.0. The SMILES string of the molecule is CC/C=C\C/C=C\C/C=C\C/C=C\CCCCCCCCCCC(=O)OC(COC(=O)CCCCCCCCCCCCCCCCCCCCCCCCCCCCC/C=C\CCCCCCCCCC)COP(=O)([O-])OCC[N+](C)(C)C. The molecular weight excluding hydrogens is 1060 g/mol. The number of carbonyl (C=O) groups excluding carboxylic acids is 2. The van der Waals surface area contributed by atoms with Crippen molar-refractivity contribution < 1.29 is 42.1 Å². The summed E-state index contributed by atoms with van der Waals surface area (Å²) in [6.45, 7) is 4.16. The van der Waals surface area contributed by atoms with Crippen LogP contribution in [0.3, 0.4) is 0 Å². The van der Waals surface area contributed by atoms with Crippen LogP contribution in [-0.2, 0) is 32.7 Å². The van der Waals surface area contributed by atoms with Crippen molar-refractivity contribution in [3.05, 3.63) is 60.8 Å². The van der Waals surface area contributed by atoms with Crippen LogP contribution in [0.15, 0.2) is 60.8 Å². The van der Waals surface area contributed by atoms with Crippen LogP contribution in [-0.4, -0.2) is 70.0 Å². The largest absolute Gasteiger partial charge is 0.756 e. The Kier molecular flexibility index (Phi) is 63.4. The lowest BCUT2D eigenvalue weighted by molar-refractivity contribution is -0.870. The van der Waals surface area contributed by atoms with Gasteiger partial charge in [-0.1, -0.05) is 319 Å². The van der Waals surface area contributed by atoms with E-state index in [2.05, 4.69) is 74.6 Å². The Labute approximate surface area is 521 Å². The number of phosphoric ester groups is 1. The summed E-state index contributed by atoms with van der Waals surface area (Å²) in [6, 6.07) is 0. The minimum Gasteiger partial charge on any atom is -0.756 e. The minimum atomic E-state index is -4.64. The molecule has 492 valence electrons. The molecule has 84 heavy (non-hydrogen) atoms. The van der Waals surface area contributed by atoms with Crippen molar-refractivity contribution in [2.75, 3.05) is 47.5 Å². The van der Waals surface area contributed by atoms with Crippen LogP contribution in [0.5, 0.6) is 0 Å². The number of allylic oxidation sites excluding steroid dienone is 10. The van der Waals surface area contributed by atoms with E-state index in [1.165, 1.54) is 244 Å². The second-order valence-corrected chi connectivity index (χ2v) is 27.0. The molecule has 0 aliphatic carbocycles. The number of hydrogen-bond acceptors (Lipinski definition) is 8. The van der Waals surface area contributed by atoms with Crippen LogP contribution in [0.2, 0.25) is 0 Å². The first-order chi connectivity index (χ1) is 41.0. The van der Waals surface area contributed by atoms with E-state index in [9.17, 15) is 19.0 Å². The third kappa shape index (κ3) is 68.8. The lowest BCUT2D eigenvalue weighted by atomic mass is 10.0. The number of ether oxygens (including phenoxy) is 2. The first-order valence-corrected chi connectivity index (χ1v) is 37.5. The quantitative estimate of drug-likeness (QED) is 0.0195. The number of hydrogen-bond donors (Lipinski definition) is 0. The first kappa shape index (κ1) is 81.7. The standard InChI is InChI=1S/C74H138NO8P/c1-6-8-10-12-14-16-18-20-22-24-26-28-29-30-31-32-33-34-35-36-37-38-39-40-41-42-43-44-45-47-48-50-52-54-56-58-60-62-64-66-73(76)80-70-72(71-82-84(78,79)81-69-68-75(3,4)5)83-74(77)67-65-63-61-59-57-55-53-51-49-46-27-25-23-21-19-17-15-13-11-9-7-2/h9,11,15,17,21,23-24,26-27,46,72H,6-8,10,12-14,16,18-20,22,25,28-45,47-71H2,1-5H3/b11-9-,17-15-,23-21-,26-24-,46-27-. The molecule has 2 unspecified atom stereocenters. The molecule has 0 rings (SSSR count). The normalized spacial score (nSPS) is 13.5. The molecule has 0 aliphatic rings. The van der Waals surface area contributed by atoms with Crippen molar-refractivity contribution in [3.63, 3.8) is 0 Å². The van der Waals surface area contributed by atoms with Gasteiger partial charge in [0.05, 0.1) is 27.7 Å². The second kappa shape index (κ2) is 65.2. The molecule has 0 spiro atoms. The van der Waals surface area contributed by atoms with Gasteiger partial charge < -0.3 is 27.9 Å². The van der Waals surface area contributed by atoms with Crippen LogP contribution < -0.4 is 4.89 Å². The molecule has 2 atom stereocenters. The highest BCUT2D eigenvalue weighted by Gasteiger charge is 2.22. The Balaban J connectivity index is 3.91. The molecule has 0 aliphatic heterocycles. The van der Waals surface area contributed by atoms with Crippen LogP contribution in [0, 0.1) is 0 Å². The summed E-state index contributed by atoms with van der Waals surface area (Å²) in [5, 5.41) is 0. The maximum absolute atomic E-state index is 12.8. The van der Waals surface area contributed by atoms with Crippen molar-refractivity contribution in [3.8, 4) is 0 Å². The molecule has 0 N–H and O–H groups in total. The monoisotopic (exact) mass is 1200 g/mol. The molecule has 10 heteroatoms. The predicted octanol–water partition coefficient (Wildman–Crippen LogP) is 22.8. The average Bonchev–Trinajstić information content (AvgIpc) is 3.61. The van der Waals surface area contributed by atoms with Crippen molar-refractivity contribution >= 4 is 19.8 Å². The molecule has 0 radical (unpaired) electrons. The predicted molar refractivity (Wildman–Crippen MR) is 360 cm³/mol. The zero-order valence-electron chi connectivity index (χ0n) is 56.1. The van der Waals surface area contributed by atoms with Gasteiger partial charge >= 0.3 is 11.9 Å².